The highest BCUT2D eigenvalue weighted by atomic mass is 16.7. The summed E-state index contributed by atoms with van der Waals surface area (Å²) in [6.45, 7) is 6.37. The number of carbonyl (C=O) groups excluding carboxylic acids is 2. The van der Waals surface area contributed by atoms with E-state index in [2.05, 4.69) is 27.4 Å². The maximum atomic E-state index is 10.9. The SMILES string of the molecule is C=CC(=O)OC(CC(O)OC)OC(=O)C=C. The van der Waals surface area contributed by atoms with Crippen molar-refractivity contribution in [3.05, 3.63) is 25.3 Å². The summed E-state index contributed by atoms with van der Waals surface area (Å²) < 4.78 is 13.8. The van der Waals surface area contributed by atoms with Crippen LogP contribution >= 0.6 is 0 Å². The second kappa shape index (κ2) is 7.61. The van der Waals surface area contributed by atoms with E-state index in [0.29, 0.717) is 0 Å². The zero-order valence-corrected chi connectivity index (χ0v) is 8.92. The largest absolute Gasteiger partial charge is 0.422 e. The molecule has 0 spiro atoms. The van der Waals surface area contributed by atoms with Gasteiger partial charge in [0.05, 0.1) is 6.42 Å². The Labute approximate surface area is 93.1 Å². The van der Waals surface area contributed by atoms with Gasteiger partial charge in [-0.2, -0.15) is 0 Å². The number of hydrogen-bond acceptors (Lipinski definition) is 6. The Hall–Kier alpha value is -1.66. The Morgan fingerprint density at radius 2 is 1.69 bits per heavy atom. The first-order chi connectivity index (χ1) is 7.53. The Bertz CT molecular complexity index is 250. The molecule has 0 rings (SSSR count). The third-order valence-electron chi connectivity index (χ3n) is 1.49. The molecule has 6 heteroatoms. The topological polar surface area (TPSA) is 82.1 Å². The van der Waals surface area contributed by atoms with Crippen molar-refractivity contribution in [1.82, 2.24) is 0 Å². The lowest BCUT2D eigenvalue weighted by Gasteiger charge is -2.18. The minimum atomic E-state index is -1.24. The van der Waals surface area contributed by atoms with Gasteiger partial charge in [0.1, 0.15) is 0 Å². The average Bonchev–Trinajstić information content (AvgIpc) is 2.28. The molecule has 1 unspecified atom stereocenters. The number of hydrogen-bond donors (Lipinski definition) is 1. The van der Waals surface area contributed by atoms with Crippen LogP contribution in [0.3, 0.4) is 0 Å². The molecule has 0 amide bonds. The molecule has 0 aliphatic heterocycles. The lowest BCUT2D eigenvalue weighted by Crippen LogP contribution is -2.28. The second-order valence-electron chi connectivity index (χ2n) is 2.64. The van der Waals surface area contributed by atoms with Crippen LogP contribution in [0.2, 0.25) is 0 Å². The summed E-state index contributed by atoms with van der Waals surface area (Å²) in [5.74, 6) is -1.55. The molecule has 0 aromatic carbocycles. The summed E-state index contributed by atoms with van der Waals surface area (Å²) in [5, 5.41) is 9.14. The van der Waals surface area contributed by atoms with Crippen LogP contribution < -0.4 is 0 Å². The third kappa shape index (κ3) is 5.94. The van der Waals surface area contributed by atoms with E-state index in [-0.39, 0.29) is 6.42 Å². The van der Waals surface area contributed by atoms with Crippen LogP contribution in [-0.2, 0) is 23.8 Å². The highest BCUT2D eigenvalue weighted by Crippen LogP contribution is 2.07. The number of methoxy groups -OCH3 is 1. The van der Waals surface area contributed by atoms with Crippen molar-refractivity contribution in [3.63, 3.8) is 0 Å². The molecule has 0 heterocycles. The van der Waals surface area contributed by atoms with Crippen molar-refractivity contribution < 1.29 is 28.9 Å². The number of carbonyl (C=O) groups is 2. The van der Waals surface area contributed by atoms with Crippen LogP contribution in [0.15, 0.2) is 25.3 Å². The summed E-state index contributed by atoms with van der Waals surface area (Å²) in [4.78, 5) is 21.8. The predicted octanol–water partition coefficient (Wildman–Crippen LogP) is 0.126. The highest BCUT2D eigenvalue weighted by molar-refractivity contribution is 5.82. The van der Waals surface area contributed by atoms with Gasteiger partial charge in [-0.25, -0.2) is 9.59 Å². The summed E-state index contributed by atoms with van der Waals surface area (Å²) in [5.41, 5.74) is 0. The first kappa shape index (κ1) is 14.3. The van der Waals surface area contributed by atoms with Crippen molar-refractivity contribution in [2.45, 2.75) is 19.0 Å². The fourth-order valence-corrected chi connectivity index (χ4v) is 0.736. The number of aliphatic hydroxyl groups excluding tert-OH is 1. The second-order valence-corrected chi connectivity index (χ2v) is 2.64. The highest BCUT2D eigenvalue weighted by Gasteiger charge is 2.20. The van der Waals surface area contributed by atoms with Crippen LogP contribution in [-0.4, -0.2) is 36.7 Å². The monoisotopic (exact) mass is 230 g/mol. The van der Waals surface area contributed by atoms with E-state index in [9.17, 15) is 9.59 Å². The molecule has 0 saturated carbocycles. The minimum Gasteiger partial charge on any atom is -0.422 e. The zero-order chi connectivity index (χ0) is 12.6. The van der Waals surface area contributed by atoms with Crippen molar-refractivity contribution in [1.29, 1.82) is 0 Å². The number of ether oxygens (including phenoxy) is 3. The third-order valence-corrected chi connectivity index (χ3v) is 1.49. The van der Waals surface area contributed by atoms with Crippen LogP contribution in [0.4, 0.5) is 0 Å². The maximum Gasteiger partial charge on any atom is 0.333 e. The van der Waals surface area contributed by atoms with Gasteiger partial charge >= 0.3 is 11.9 Å². The minimum absolute atomic E-state index is 0.199. The molecular weight excluding hydrogens is 216 g/mol. The van der Waals surface area contributed by atoms with Gasteiger partial charge in [0.25, 0.3) is 6.29 Å². The van der Waals surface area contributed by atoms with E-state index < -0.39 is 24.5 Å². The standard InChI is InChI=1S/C10H14O6/c1-4-7(11)15-10(6-9(13)14-3)16-8(12)5-2/h4-5,9-10,13H,1-2,6H2,3H3. The molecule has 90 valence electrons. The fourth-order valence-electron chi connectivity index (χ4n) is 0.736. The van der Waals surface area contributed by atoms with Gasteiger partial charge in [0, 0.05) is 19.3 Å². The van der Waals surface area contributed by atoms with Gasteiger partial charge in [-0.3, -0.25) is 0 Å². The maximum absolute atomic E-state index is 10.9. The van der Waals surface area contributed by atoms with Gasteiger partial charge in [0.15, 0.2) is 6.29 Å². The Morgan fingerprint density at radius 3 is 2.00 bits per heavy atom. The molecule has 0 aliphatic rings. The van der Waals surface area contributed by atoms with Crippen molar-refractivity contribution in [2.75, 3.05) is 7.11 Å². The van der Waals surface area contributed by atoms with E-state index in [0.717, 1.165) is 12.2 Å². The number of esters is 2. The normalized spacial score (nSPS) is 11.7. The van der Waals surface area contributed by atoms with E-state index in [1.54, 1.807) is 0 Å². The lowest BCUT2D eigenvalue weighted by molar-refractivity contribution is -0.197. The Morgan fingerprint density at radius 1 is 1.25 bits per heavy atom. The first-order valence-electron chi connectivity index (χ1n) is 4.40. The number of rotatable bonds is 7. The van der Waals surface area contributed by atoms with E-state index in [1.165, 1.54) is 7.11 Å². The first-order valence-corrected chi connectivity index (χ1v) is 4.40. The molecule has 1 atom stereocenters. The average molecular weight is 230 g/mol. The van der Waals surface area contributed by atoms with Gasteiger partial charge in [0.2, 0.25) is 0 Å². The molecule has 0 aromatic heterocycles. The molecule has 0 radical (unpaired) electrons. The Balaban J connectivity index is 4.36. The van der Waals surface area contributed by atoms with Crippen LogP contribution in [0.1, 0.15) is 6.42 Å². The van der Waals surface area contributed by atoms with Gasteiger partial charge < -0.3 is 19.3 Å². The quantitative estimate of drug-likeness (QED) is 0.380. The molecule has 6 nitrogen and oxygen atoms in total. The van der Waals surface area contributed by atoms with Crippen LogP contribution in [0.25, 0.3) is 0 Å². The van der Waals surface area contributed by atoms with Crippen molar-refractivity contribution in [2.24, 2.45) is 0 Å². The molecule has 0 fully saturated rings. The molecule has 1 N–H and O–H groups in total. The van der Waals surface area contributed by atoms with E-state index in [1.807, 2.05) is 0 Å². The summed E-state index contributed by atoms with van der Waals surface area (Å²) in [7, 11) is 1.26. The molecule has 0 aliphatic carbocycles. The van der Waals surface area contributed by atoms with Crippen molar-refractivity contribution >= 4 is 11.9 Å². The van der Waals surface area contributed by atoms with Crippen LogP contribution in [0, 0.1) is 0 Å². The fraction of sp³-hybridized carbons (Fsp3) is 0.400. The van der Waals surface area contributed by atoms with Gasteiger partial charge in [-0.1, -0.05) is 13.2 Å². The van der Waals surface area contributed by atoms with Crippen molar-refractivity contribution in [3.8, 4) is 0 Å². The molecule has 0 saturated heterocycles. The Kier molecular flexibility index (Phi) is 6.82. The lowest BCUT2D eigenvalue weighted by atomic mass is 10.4. The van der Waals surface area contributed by atoms with Gasteiger partial charge in [-0.05, 0) is 0 Å². The zero-order valence-electron chi connectivity index (χ0n) is 8.92. The van der Waals surface area contributed by atoms with E-state index in [4.69, 9.17) is 5.11 Å². The molecule has 16 heavy (non-hydrogen) atoms. The van der Waals surface area contributed by atoms with E-state index >= 15 is 0 Å². The summed E-state index contributed by atoms with van der Waals surface area (Å²) in [6, 6.07) is 0. The summed E-state index contributed by atoms with van der Waals surface area (Å²) >= 11 is 0. The molecule has 0 aromatic rings. The smallest absolute Gasteiger partial charge is 0.333 e. The summed E-state index contributed by atoms with van der Waals surface area (Å²) in [6.07, 6.45) is -0.830. The number of aliphatic hydroxyl groups is 1. The molecule has 0 bridgehead atoms. The van der Waals surface area contributed by atoms with Gasteiger partial charge in [-0.15, -0.1) is 0 Å². The van der Waals surface area contributed by atoms with Crippen LogP contribution in [0.5, 0.6) is 0 Å². The predicted molar refractivity (Wildman–Crippen MR) is 54.0 cm³/mol. The molecular formula is C10H14O6.